The van der Waals surface area contributed by atoms with Crippen LogP contribution < -0.4 is 5.32 Å². The van der Waals surface area contributed by atoms with Gasteiger partial charge in [0.25, 0.3) is 5.91 Å². The molecule has 5 rings (SSSR count). The van der Waals surface area contributed by atoms with Crippen LogP contribution in [0, 0.1) is 12.7 Å². The fourth-order valence-corrected chi connectivity index (χ4v) is 4.99. The number of halogens is 2. The molecule has 2 aromatic heterocycles. The molecule has 1 N–H and O–H groups in total. The number of carbonyl (C=O) groups excluding carboxylic acids is 1. The molecule has 0 spiro atoms. The highest BCUT2D eigenvalue weighted by atomic mass is 35.5. The summed E-state index contributed by atoms with van der Waals surface area (Å²) in [4.78, 5) is 27.8. The van der Waals surface area contributed by atoms with E-state index in [9.17, 15) is 9.18 Å². The molecule has 0 bridgehead atoms. The largest absolute Gasteiger partial charge is 0.381 e. The average molecular weight is 531 g/mol. The lowest BCUT2D eigenvalue weighted by Gasteiger charge is -2.35. The van der Waals surface area contributed by atoms with E-state index in [1.165, 1.54) is 6.20 Å². The second kappa shape index (κ2) is 11.5. The minimum Gasteiger partial charge on any atom is -0.381 e. The van der Waals surface area contributed by atoms with Crippen LogP contribution in [0.15, 0.2) is 36.7 Å². The number of amides is 1. The summed E-state index contributed by atoms with van der Waals surface area (Å²) >= 11 is 0. The number of imidazole rings is 1. The van der Waals surface area contributed by atoms with Crippen LogP contribution in [0.4, 0.5) is 16.0 Å². The van der Waals surface area contributed by atoms with E-state index in [1.54, 1.807) is 30.5 Å². The molecule has 9 nitrogen and oxygen atoms in total. The number of carbonyl (C=O) groups is 1. The second-order valence-electron chi connectivity index (χ2n) is 9.46. The molecule has 2 aliphatic heterocycles. The predicted octanol–water partition coefficient (Wildman–Crippen LogP) is 4.55. The number of ether oxygens (including phenoxy) is 2. The number of benzene rings is 1. The van der Waals surface area contributed by atoms with Crippen LogP contribution in [0.1, 0.15) is 48.9 Å². The maximum absolute atomic E-state index is 14.9. The Labute approximate surface area is 221 Å². The Balaban J connectivity index is 0.00000320. The standard InChI is InChI=1S/C26H31FN6O3.ClH/c1-16-14-32(15-17(2)36-16)25(34)19-4-6-20(7-5-19)30-26-29-12-22(27)24(31-26)23-13-28-18(3)33(23)21-8-10-35-11-9-21;/h4-7,12-13,16-17,21H,8-11,14-15H2,1-3H3,(H,29,30,31);1H. The molecule has 11 heteroatoms. The first-order valence-corrected chi connectivity index (χ1v) is 12.4. The summed E-state index contributed by atoms with van der Waals surface area (Å²) in [6.07, 6.45) is 4.53. The van der Waals surface area contributed by atoms with Crippen LogP contribution in [0.3, 0.4) is 0 Å². The molecule has 198 valence electrons. The van der Waals surface area contributed by atoms with Gasteiger partial charge in [-0.05, 0) is 57.9 Å². The normalized spacial score (nSPS) is 20.4. The number of hydrogen-bond acceptors (Lipinski definition) is 7. The van der Waals surface area contributed by atoms with Crippen molar-refractivity contribution in [2.75, 3.05) is 31.6 Å². The fraction of sp³-hybridized carbons (Fsp3) is 0.462. The molecule has 2 atom stereocenters. The van der Waals surface area contributed by atoms with Gasteiger partial charge in [-0.25, -0.2) is 19.3 Å². The van der Waals surface area contributed by atoms with Crippen LogP contribution in [-0.2, 0) is 9.47 Å². The highest BCUT2D eigenvalue weighted by Gasteiger charge is 2.27. The van der Waals surface area contributed by atoms with E-state index in [-0.39, 0.29) is 48.2 Å². The molecular formula is C26H32ClFN6O3. The number of hydrogen-bond donors (Lipinski definition) is 1. The molecule has 0 radical (unpaired) electrons. The molecule has 2 saturated heterocycles. The smallest absolute Gasteiger partial charge is 0.254 e. The zero-order chi connectivity index (χ0) is 25.2. The zero-order valence-corrected chi connectivity index (χ0v) is 22.0. The van der Waals surface area contributed by atoms with Crippen molar-refractivity contribution in [2.45, 2.75) is 51.9 Å². The molecule has 1 aromatic carbocycles. The quantitative estimate of drug-likeness (QED) is 0.517. The Bertz CT molecular complexity index is 1220. The monoisotopic (exact) mass is 530 g/mol. The molecule has 1 amide bonds. The lowest BCUT2D eigenvalue weighted by atomic mass is 10.1. The lowest BCUT2D eigenvalue weighted by Crippen LogP contribution is -2.48. The summed E-state index contributed by atoms with van der Waals surface area (Å²) in [6, 6.07) is 7.31. The SMILES string of the molecule is Cc1ncc(-c2nc(Nc3ccc(C(=O)N4CC(C)OC(C)C4)cc3)ncc2F)n1C1CCOCC1.Cl. The molecule has 2 unspecified atom stereocenters. The van der Waals surface area contributed by atoms with E-state index in [0.29, 0.717) is 43.2 Å². The maximum atomic E-state index is 14.9. The van der Waals surface area contributed by atoms with Crippen molar-refractivity contribution in [1.29, 1.82) is 0 Å². The number of anilines is 2. The number of nitrogens with one attached hydrogen (secondary N) is 1. The molecule has 2 aliphatic rings. The number of aryl methyl sites for hydroxylation is 1. The van der Waals surface area contributed by atoms with E-state index < -0.39 is 5.82 Å². The maximum Gasteiger partial charge on any atom is 0.254 e. The van der Waals surface area contributed by atoms with Crippen LogP contribution in [0.2, 0.25) is 0 Å². The minimum atomic E-state index is -0.510. The third-order valence-electron chi connectivity index (χ3n) is 6.62. The average Bonchev–Trinajstić information content (AvgIpc) is 3.26. The van der Waals surface area contributed by atoms with Gasteiger partial charge in [-0.1, -0.05) is 0 Å². The fourth-order valence-electron chi connectivity index (χ4n) is 4.99. The first-order chi connectivity index (χ1) is 17.4. The van der Waals surface area contributed by atoms with E-state index in [2.05, 4.69) is 20.3 Å². The van der Waals surface area contributed by atoms with Gasteiger partial charge in [0.05, 0.1) is 30.3 Å². The molecule has 0 aliphatic carbocycles. The van der Waals surface area contributed by atoms with Gasteiger partial charge in [-0.2, -0.15) is 0 Å². The number of rotatable bonds is 5. The first kappa shape index (κ1) is 27.0. The molecule has 3 aromatic rings. The van der Waals surface area contributed by atoms with Crippen LogP contribution in [0.5, 0.6) is 0 Å². The van der Waals surface area contributed by atoms with Crippen molar-refractivity contribution in [2.24, 2.45) is 0 Å². The van der Waals surface area contributed by atoms with E-state index in [1.807, 2.05) is 30.2 Å². The van der Waals surface area contributed by atoms with Crippen LogP contribution in [0.25, 0.3) is 11.4 Å². The first-order valence-electron chi connectivity index (χ1n) is 12.4. The lowest BCUT2D eigenvalue weighted by molar-refractivity contribution is -0.0586. The van der Waals surface area contributed by atoms with E-state index >= 15 is 0 Å². The minimum absolute atomic E-state index is 0. The van der Waals surface area contributed by atoms with Crippen molar-refractivity contribution < 1.29 is 18.7 Å². The topological polar surface area (TPSA) is 94.4 Å². The van der Waals surface area contributed by atoms with Crippen molar-refractivity contribution in [3.05, 3.63) is 53.9 Å². The third kappa shape index (κ3) is 5.92. The van der Waals surface area contributed by atoms with Gasteiger partial charge >= 0.3 is 0 Å². The Morgan fingerprint density at radius 1 is 1.05 bits per heavy atom. The number of aromatic nitrogens is 4. The van der Waals surface area contributed by atoms with Crippen molar-refractivity contribution in [3.8, 4) is 11.4 Å². The molecule has 0 saturated carbocycles. The second-order valence-corrected chi connectivity index (χ2v) is 9.46. The summed E-state index contributed by atoms with van der Waals surface area (Å²) in [7, 11) is 0. The summed E-state index contributed by atoms with van der Waals surface area (Å²) in [6.45, 7) is 8.33. The van der Waals surface area contributed by atoms with Gasteiger partial charge < -0.3 is 24.3 Å². The zero-order valence-electron chi connectivity index (χ0n) is 21.2. The third-order valence-corrected chi connectivity index (χ3v) is 6.62. The van der Waals surface area contributed by atoms with Gasteiger partial charge in [0, 0.05) is 43.6 Å². The van der Waals surface area contributed by atoms with Gasteiger partial charge in [-0.3, -0.25) is 4.79 Å². The van der Waals surface area contributed by atoms with Crippen molar-refractivity contribution in [3.63, 3.8) is 0 Å². The van der Waals surface area contributed by atoms with Crippen LogP contribution >= 0.6 is 12.4 Å². The number of morpholine rings is 1. The summed E-state index contributed by atoms with van der Waals surface area (Å²) in [5.74, 6) is 0.539. The van der Waals surface area contributed by atoms with Crippen molar-refractivity contribution in [1.82, 2.24) is 24.4 Å². The highest BCUT2D eigenvalue weighted by molar-refractivity contribution is 5.94. The van der Waals surface area contributed by atoms with Gasteiger partial charge in [0.2, 0.25) is 5.95 Å². The molecule has 4 heterocycles. The summed E-state index contributed by atoms with van der Waals surface area (Å²) in [5, 5.41) is 3.12. The highest BCUT2D eigenvalue weighted by Crippen LogP contribution is 2.31. The van der Waals surface area contributed by atoms with Gasteiger partial charge in [-0.15, -0.1) is 12.4 Å². The van der Waals surface area contributed by atoms with E-state index in [0.717, 1.165) is 18.7 Å². The number of nitrogens with zero attached hydrogens (tertiary/aromatic N) is 5. The van der Waals surface area contributed by atoms with Crippen LogP contribution in [-0.4, -0.2) is 68.8 Å². The van der Waals surface area contributed by atoms with Gasteiger partial charge in [0.15, 0.2) is 5.82 Å². The summed E-state index contributed by atoms with van der Waals surface area (Å²) < 4.78 is 28.1. The van der Waals surface area contributed by atoms with Crippen molar-refractivity contribution >= 4 is 29.9 Å². The van der Waals surface area contributed by atoms with Gasteiger partial charge in [0.1, 0.15) is 11.5 Å². The predicted molar refractivity (Wildman–Crippen MR) is 140 cm³/mol. The molecule has 2 fully saturated rings. The Morgan fingerprint density at radius 2 is 1.73 bits per heavy atom. The molecular weight excluding hydrogens is 499 g/mol. The Hall–Kier alpha value is -3.08. The van der Waals surface area contributed by atoms with E-state index in [4.69, 9.17) is 9.47 Å². The Morgan fingerprint density at radius 3 is 2.41 bits per heavy atom. The summed E-state index contributed by atoms with van der Waals surface area (Å²) in [5.41, 5.74) is 2.11. The molecule has 37 heavy (non-hydrogen) atoms. The Kier molecular flexibility index (Phi) is 8.41.